The van der Waals surface area contributed by atoms with Crippen molar-refractivity contribution in [1.82, 2.24) is 30.3 Å². The Hall–Kier alpha value is -1.76. The molecule has 2 aromatic heterocycles. The fourth-order valence-corrected chi connectivity index (χ4v) is 1.37. The lowest BCUT2D eigenvalue weighted by atomic mass is 10.2. The summed E-state index contributed by atoms with van der Waals surface area (Å²) < 4.78 is 1.64. The lowest BCUT2D eigenvalue weighted by Crippen LogP contribution is -2.51. The molecule has 0 aromatic carbocycles. The smallest absolute Gasteiger partial charge is 0.199 e. The molecule has 7 nitrogen and oxygen atoms in total. The molecule has 72 valence electrons. The van der Waals surface area contributed by atoms with Gasteiger partial charge in [0.2, 0.25) is 0 Å². The molecular formula is C7H9N7. The van der Waals surface area contributed by atoms with Crippen LogP contribution >= 0.6 is 0 Å². The van der Waals surface area contributed by atoms with Gasteiger partial charge in [-0.2, -0.15) is 4.52 Å². The molecule has 0 atom stereocenters. The molecule has 2 aromatic rings. The third-order valence-corrected chi connectivity index (χ3v) is 2.24. The summed E-state index contributed by atoms with van der Waals surface area (Å²) >= 11 is 0. The van der Waals surface area contributed by atoms with E-state index in [0.29, 0.717) is 11.7 Å². The number of rotatable bonds is 2. The Morgan fingerprint density at radius 2 is 2.36 bits per heavy atom. The fraction of sp³-hybridized carbons (Fsp3) is 0.429. The fourth-order valence-electron chi connectivity index (χ4n) is 1.37. The zero-order valence-electron chi connectivity index (χ0n) is 7.38. The molecule has 0 amide bonds. The van der Waals surface area contributed by atoms with Crippen LogP contribution in [-0.2, 0) is 0 Å². The zero-order chi connectivity index (χ0) is 9.38. The van der Waals surface area contributed by atoms with Gasteiger partial charge in [-0.05, 0) is 10.4 Å². The monoisotopic (exact) mass is 191 g/mol. The standard InChI is InChI=1S/C7H9N7/c1-5(2-8-1)10-6-3-9-4-7-11-12-13-14(6)7/h3-5,8,10H,1-2H2. The van der Waals surface area contributed by atoms with Crippen LogP contribution in [0.4, 0.5) is 5.82 Å². The Bertz CT molecular complexity index is 446. The molecule has 0 spiro atoms. The SMILES string of the molecule is c1ncc2nnnn2c1NC1CNC1. The van der Waals surface area contributed by atoms with Gasteiger partial charge in [0.25, 0.3) is 0 Å². The lowest BCUT2D eigenvalue weighted by Gasteiger charge is -2.28. The van der Waals surface area contributed by atoms with Crippen LogP contribution in [0.25, 0.3) is 5.65 Å². The molecule has 3 heterocycles. The number of nitrogens with one attached hydrogen (secondary N) is 2. The maximum Gasteiger partial charge on any atom is 0.199 e. The molecule has 1 fully saturated rings. The van der Waals surface area contributed by atoms with E-state index in [1.807, 2.05) is 0 Å². The van der Waals surface area contributed by atoms with E-state index < -0.39 is 0 Å². The quantitative estimate of drug-likeness (QED) is 0.627. The van der Waals surface area contributed by atoms with Crippen LogP contribution < -0.4 is 10.6 Å². The van der Waals surface area contributed by atoms with Gasteiger partial charge in [-0.15, -0.1) is 5.10 Å². The Kier molecular flexibility index (Phi) is 1.57. The molecule has 1 aliphatic rings. The second kappa shape index (κ2) is 2.88. The van der Waals surface area contributed by atoms with Gasteiger partial charge in [-0.1, -0.05) is 0 Å². The summed E-state index contributed by atoms with van der Waals surface area (Å²) in [5.41, 5.74) is 0.655. The van der Waals surface area contributed by atoms with Crippen LogP contribution in [-0.4, -0.2) is 44.2 Å². The van der Waals surface area contributed by atoms with Crippen molar-refractivity contribution in [1.29, 1.82) is 0 Å². The molecule has 0 aliphatic carbocycles. The molecule has 0 bridgehead atoms. The summed E-state index contributed by atoms with van der Waals surface area (Å²) in [4.78, 5) is 4.05. The largest absolute Gasteiger partial charge is 0.363 e. The Morgan fingerprint density at radius 1 is 1.43 bits per heavy atom. The predicted octanol–water partition coefficient (Wildman–Crippen LogP) is -1.10. The first-order valence-corrected chi connectivity index (χ1v) is 4.43. The summed E-state index contributed by atoms with van der Waals surface area (Å²) in [7, 11) is 0. The second-order valence-electron chi connectivity index (χ2n) is 3.24. The minimum absolute atomic E-state index is 0.451. The van der Waals surface area contributed by atoms with Crippen LogP contribution in [0.15, 0.2) is 12.4 Å². The first-order chi connectivity index (χ1) is 6.93. The highest BCUT2D eigenvalue weighted by Crippen LogP contribution is 2.08. The van der Waals surface area contributed by atoms with Crippen molar-refractivity contribution >= 4 is 11.5 Å². The van der Waals surface area contributed by atoms with Crippen LogP contribution in [0.2, 0.25) is 0 Å². The number of tetrazole rings is 1. The van der Waals surface area contributed by atoms with Crippen molar-refractivity contribution in [3.63, 3.8) is 0 Å². The molecule has 0 saturated carbocycles. The van der Waals surface area contributed by atoms with Crippen molar-refractivity contribution in [2.45, 2.75) is 6.04 Å². The first-order valence-electron chi connectivity index (χ1n) is 4.43. The van der Waals surface area contributed by atoms with E-state index in [9.17, 15) is 0 Å². The number of hydrogen-bond acceptors (Lipinski definition) is 6. The zero-order valence-corrected chi connectivity index (χ0v) is 7.38. The highest BCUT2D eigenvalue weighted by atomic mass is 15.5. The van der Waals surface area contributed by atoms with Gasteiger partial charge in [-0.3, -0.25) is 4.98 Å². The first kappa shape index (κ1) is 7.63. The van der Waals surface area contributed by atoms with Crippen LogP contribution in [0, 0.1) is 0 Å². The minimum Gasteiger partial charge on any atom is -0.363 e. The highest BCUT2D eigenvalue weighted by molar-refractivity contribution is 5.44. The number of nitrogens with zero attached hydrogens (tertiary/aromatic N) is 5. The third kappa shape index (κ3) is 1.10. The Labute approximate surface area is 79.5 Å². The van der Waals surface area contributed by atoms with E-state index in [0.717, 1.165) is 18.9 Å². The summed E-state index contributed by atoms with van der Waals surface area (Å²) in [6.45, 7) is 1.94. The Balaban J connectivity index is 1.97. The molecule has 0 unspecified atom stereocenters. The maximum absolute atomic E-state index is 4.05. The molecular weight excluding hydrogens is 182 g/mol. The van der Waals surface area contributed by atoms with Gasteiger partial charge in [-0.25, -0.2) is 0 Å². The summed E-state index contributed by atoms with van der Waals surface area (Å²) in [6.07, 6.45) is 3.35. The molecule has 1 aliphatic heterocycles. The third-order valence-electron chi connectivity index (χ3n) is 2.24. The predicted molar refractivity (Wildman–Crippen MR) is 48.9 cm³/mol. The van der Waals surface area contributed by atoms with Crippen LogP contribution in [0.1, 0.15) is 0 Å². The maximum atomic E-state index is 4.05. The van der Waals surface area contributed by atoms with E-state index in [1.54, 1.807) is 16.9 Å². The molecule has 0 radical (unpaired) electrons. The van der Waals surface area contributed by atoms with E-state index in [4.69, 9.17) is 0 Å². The van der Waals surface area contributed by atoms with Gasteiger partial charge in [0, 0.05) is 13.1 Å². The van der Waals surface area contributed by atoms with Crippen molar-refractivity contribution in [2.75, 3.05) is 18.4 Å². The number of fused-ring (bicyclic) bond motifs is 1. The normalized spacial score (nSPS) is 16.9. The molecule has 7 heteroatoms. The van der Waals surface area contributed by atoms with Gasteiger partial charge >= 0.3 is 0 Å². The molecule has 2 N–H and O–H groups in total. The van der Waals surface area contributed by atoms with Crippen molar-refractivity contribution in [2.24, 2.45) is 0 Å². The van der Waals surface area contributed by atoms with E-state index in [2.05, 4.69) is 31.1 Å². The molecule has 3 rings (SSSR count). The summed E-state index contributed by atoms with van der Waals surface area (Å²) in [5, 5.41) is 17.7. The molecule has 1 saturated heterocycles. The van der Waals surface area contributed by atoms with E-state index in [1.165, 1.54) is 0 Å². The van der Waals surface area contributed by atoms with Gasteiger partial charge in [0.15, 0.2) is 11.5 Å². The van der Waals surface area contributed by atoms with Crippen molar-refractivity contribution in [3.8, 4) is 0 Å². The number of anilines is 1. The van der Waals surface area contributed by atoms with Gasteiger partial charge < -0.3 is 10.6 Å². The number of aromatic nitrogens is 5. The molecule has 14 heavy (non-hydrogen) atoms. The minimum atomic E-state index is 0.451. The average Bonchev–Trinajstić information content (AvgIpc) is 2.59. The van der Waals surface area contributed by atoms with Crippen LogP contribution in [0.5, 0.6) is 0 Å². The summed E-state index contributed by atoms with van der Waals surface area (Å²) in [5.74, 6) is 0.832. The van der Waals surface area contributed by atoms with E-state index >= 15 is 0 Å². The average molecular weight is 191 g/mol. The van der Waals surface area contributed by atoms with Gasteiger partial charge in [0.05, 0.1) is 18.4 Å². The van der Waals surface area contributed by atoms with E-state index in [-0.39, 0.29) is 0 Å². The number of hydrogen-bond donors (Lipinski definition) is 2. The van der Waals surface area contributed by atoms with Crippen LogP contribution in [0.3, 0.4) is 0 Å². The lowest BCUT2D eigenvalue weighted by molar-refractivity contribution is 0.469. The van der Waals surface area contributed by atoms with Crippen molar-refractivity contribution in [3.05, 3.63) is 12.4 Å². The Morgan fingerprint density at radius 3 is 3.14 bits per heavy atom. The van der Waals surface area contributed by atoms with Gasteiger partial charge in [0.1, 0.15) is 0 Å². The summed E-state index contributed by atoms with van der Waals surface area (Å²) in [6, 6.07) is 0.451. The highest BCUT2D eigenvalue weighted by Gasteiger charge is 2.17. The topological polar surface area (TPSA) is 80.0 Å². The second-order valence-corrected chi connectivity index (χ2v) is 3.24. The van der Waals surface area contributed by atoms with Crippen molar-refractivity contribution < 1.29 is 0 Å².